The number of hydrogen-bond donors (Lipinski definition) is 0. The molecule has 0 aliphatic carbocycles. The van der Waals surface area contributed by atoms with Crippen molar-refractivity contribution in [3.8, 4) is 28.8 Å². The molecule has 196 valence electrons. The fourth-order valence-corrected chi connectivity index (χ4v) is 5.82. The van der Waals surface area contributed by atoms with Crippen molar-refractivity contribution in [2.45, 2.75) is 0 Å². The first-order valence-corrected chi connectivity index (χ1v) is 13.0. The van der Waals surface area contributed by atoms with E-state index in [1.807, 2.05) is 89.1 Å². The predicted molar refractivity (Wildman–Crippen MR) is 158 cm³/mol. The molecule has 4 aromatic carbocycles. The summed E-state index contributed by atoms with van der Waals surface area (Å²) in [6.07, 6.45) is 3.69. The molecular formula is C34H20N6Pt. The Morgan fingerprint density at radius 2 is 1.41 bits per heavy atom. The summed E-state index contributed by atoms with van der Waals surface area (Å²) in [5.41, 5.74) is 6.66. The van der Waals surface area contributed by atoms with E-state index < -0.39 is 0 Å². The van der Waals surface area contributed by atoms with Crippen LogP contribution in [-0.4, -0.2) is 23.7 Å². The molecule has 0 saturated carbocycles. The van der Waals surface area contributed by atoms with E-state index in [2.05, 4.69) is 52.0 Å². The number of aryl methyl sites for hydroxylation is 1. The first-order chi connectivity index (χ1) is 19.7. The molecular weight excluding hydrogens is 687 g/mol. The van der Waals surface area contributed by atoms with Crippen molar-refractivity contribution in [2.24, 2.45) is 7.05 Å². The molecule has 0 atom stereocenters. The first kappa shape index (κ1) is 25.0. The summed E-state index contributed by atoms with van der Waals surface area (Å²) >= 11 is 0. The normalized spacial score (nSPS) is 11.3. The van der Waals surface area contributed by atoms with Gasteiger partial charge in [-0.3, -0.25) is 4.57 Å². The number of benzene rings is 4. The molecule has 6 nitrogen and oxygen atoms in total. The smallest absolute Gasteiger partial charge is 0.320 e. The van der Waals surface area contributed by atoms with Crippen LogP contribution in [0.1, 0.15) is 5.56 Å². The fraction of sp³-hybridized carbons (Fsp3) is 0.0294. The summed E-state index contributed by atoms with van der Waals surface area (Å²) in [6, 6.07) is 39.7. The van der Waals surface area contributed by atoms with E-state index in [0.29, 0.717) is 16.9 Å². The van der Waals surface area contributed by atoms with Crippen molar-refractivity contribution >= 4 is 43.9 Å². The van der Waals surface area contributed by atoms with Crippen LogP contribution in [0.5, 0.6) is 0 Å². The largest absolute Gasteiger partial charge is 2.00 e. The van der Waals surface area contributed by atoms with Gasteiger partial charge in [0.2, 0.25) is 5.95 Å². The Bertz CT molecular complexity index is 2300. The van der Waals surface area contributed by atoms with Gasteiger partial charge in [-0.1, -0.05) is 36.4 Å². The minimum Gasteiger partial charge on any atom is -0.320 e. The monoisotopic (exact) mass is 707 g/mol. The van der Waals surface area contributed by atoms with E-state index >= 15 is 0 Å². The van der Waals surface area contributed by atoms with Crippen LogP contribution in [0.2, 0.25) is 0 Å². The second-order valence-corrected chi connectivity index (χ2v) is 9.77. The third kappa shape index (κ3) is 3.60. The summed E-state index contributed by atoms with van der Waals surface area (Å²) in [4.78, 5) is 9.98. The van der Waals surface area contributed by atoms with E-state index in [1.165, 1.54) is 0 Å². The van der Waals surface area contributed by atoms with Gasteiger partial charge in [-0.2, -0.15) is 47.7 Å². The molecule has 0 bridgehead atoms. The molecule has 0 fully saturated rings. The molecule has 0 spiro atoms. The summed E-state index contributed by atoms with van der Waals surface area (Å²) in [5, 5.41) is 14.3. The molecule has 0 N–H and O–H groups in total. The van der Waals surface area contributed by atoms with Crippen molar-refractivity contribution in [3.05, 3.63) is 121 Å². The number of fused-ring (bicyclic) bond motifs is 6. The average Bonchev–Trinajstić information content (AvgIpc) is 3.67. The molecule has 0 radical (unpaired) electrons. The van der Waals surface area contributed by atoms with Crippen LogP contribution in [0, 0.1) is 23.5 Å². The molecule has 7 heteroatoms. The van der Waals surface area contributed by atoms with E-state index in [0.717, 1.165) is 55.3 Å². The fourth-order valence-electron chi connectivity index (χ4n) is 5.82. The topological polar surface area (TPSA) is 64.4 Å². The average molecular weight is 708 g/mol. The molecule has 41 heavy (non-hydrogen) atoms. The Labute approximate surface area is 250 Å². The van der Waals surface area contributed by atoms with Crippen molar-refractivity contribution in [2.75, 3.05) is 0 Å². The van der Waals surface area contributed by atoms with E-state index in [1.54, 1.807) is 6.20 Å². The van der Waals surface area contributed by atoms with Crippen molar-refractivity contribution in [3.63, 3.8) is 0 Å². The third-order valence-electron chi connectivity index (χ3n) is 7.54. The van der Waals surface area contributed by atoms with Crippen LogP contribution in [0.4, 0.5) is 0 Å². The van der Waals surface area contributed by atoms with E-state index in [-0.39, 0.29) is 21.1 Å². The molecule has 0 unspecified atom stereocenters. The minimum absolute atomic E-state index is 0. The van der Waals surface area contributed by atoms with Gasteiger partial charge in [0.15, 0.2) is 5.65 Å². The Kier molecular flexibility index (Phi) is 5.85. The molecule has 4 aromatic heterocycles. The number of rotatable bonds is 3. The van der Waals surface area contributed by atoms with Gasteiger partial charge in [-0.15, -0.1) is 12.1 Å². The number of hydrogen-bond acceptors (Lipinski definition) is 3. The maximum Gasteiger partial charge on any atom is 2.00 e. The summed E-state index contributed by atoms with van der Waals surface area (Å²) in [6.45, 7) is 0. The zero-order valence-electron chi connectivity index (χ0n) is 21.8. The minimum atomic E-state index is 0. The van der Waals surface area contributed by atoms with Gasteiger partial charge < -0.3 is 9.13 Å². The molecule has 0 aliphatic heterocycles. The summed E-state index contributed by atoms with van der Waals surface area (Å²) < 4.78 is 6.12. The molecule has 4 heterocycles. The molecule has 0 amide bonds. The maximum absolute atomic E-state index is 10.7. The van der Waals surface area contributed by atoms with Gasteiger partial charge in [0, 0.05) is 41.0 Å². The second kappa shape index (κ2) is 9.59. The zero-order valence-corrected chi connectivity index (χ0v) is 24.1. The van der Waals surface area contributed by atoms with Gasteiger partial charge in [0.1, 0.15) is 11.7 Å². The second-order valence-electron chi connectivity index (χ2n) is 9.77. The molecule has 0 aliphatic rings. The number of aromatic nitrogens is 5. The van der Waals surface area contributed by atoms with Crippen molar-refractivity contribution in [1.29, 1.82) is 5.26 Å². The number of pyridine rings is 1. The number of imidazole rings is 1. The zero-order chi connectivity index (χ0) is 26.8. The summed E-state index contributed by atoms with van der Waals surface area (Å²) in [7, 11) is 1.96. The quantitative estimate of drug-likeness (QED) is 0.184. The van der Waals surface area contributed by atoms with Crippen LogP contribution in [0.25, 0.3) is 66.6 Å². The number of nitriles is 1. The van der Waals surface area contributed by atoms with E-state index in [4.69, 9.17) is 4.98 Å². The SMILES string of the molecule is Cn1ccnc1-n1c2ccccc2c2c(C#N)c3c4ccccc4n(-c4[c-]c(-c5[c-]cccc5)ccc4)c3nc21.[Pt+2]. The van der Waals surface area contributed by atoms with Gasteiger partial charge in [0.25, 0.3) is 0 Å². The number of nitrogens with zero attached hydrogens (tertiary/aromatic N) is 6. The van der Waals surface area contributed by atoms with Crippen LogP contribution in [-0.2, 0) is 28.1 Å². The van der Waals surface area contributed by atoms with Crippen LogP contribution >= 0.6 is 0 Å². The van der Waals surface area contributed by atoms with Crippen molar-refractivity contribution in [1.82, 2.24) is 23.7 Å². The van der Waals surface area contributed by atoms with Crippen molar-refractivity contribution < 1.29 is 21.1 Å². The standard InChI is InChI=1S/C34H20N6.Pt/c1-38-19-18-36-34(38)40-29-17-8-6-15-26(29)31-27(21-35)30-25-14-5-7-16-28(25)39(32(30)37-33(31)40)24-13-9-12-23(20-24)22-10-3-2-4-11-22;/h2-10,12-19H,1H3;/q-2;+2. The van der Waals surface area contributed by atoms with Gasteiger partial charge >= 0.3 is 21.1 Å². The Hall–Kier alpha value is -4.98. The molecule has 8 aromatic rings. The maximum atomic E-state index is 10.7. The first-order valence-electron chi connectivity index (χ1n) is 13.0. The van der Waals surface area contributed by atoms with E-state index in [9.17, 15) is 5.26 Å². The molecule has 0 saturated heterocycles. The summed E-state index contributed by atoms with van der Waals surface area (Å²) in [5.74, 6) is 0.734. The number of para-hydroxylation sites is 2. The van der Waals surface area contributed by atoms with Crippen LogP contribution < -0.4 is 0 Å². The third-order valence-corrected chi connectivity index (χ3v) is 7.54. The molecule has 8 rings (SSSR count). The predicted octanol–water partition coefficient (Wildman–Crippen LogP) is 7.15. The van der Waals surface area contributed by atoms with Gasteiger partial charge in [-0.25, -0.2) is 21.1 Å². The van der Waals surface area contributed by atoms with Gasteiger partial charge in [-0.05, 0) is 17.8 Å². The van der Waals surface area contributed by atoms with Gasteiger partial charge in [0.05, 0.1) is 16.6 Å². The van der Waals surface area contributed by atoms with Crippen LogP contribution in [0.3, 0.4) is 0 Å². The Morgan fingerprint density at radius 3 is 2.07 bits per heavy atom. The Balaban J connectivity index is 0.00000276. The van der Waals surface area contributed by atoms with Crippen LogP contribution in [0.15, 0.2) is 103 Å². The Morgan fingerprint density at radius 1 is 0.756 bits per heavy atom.